The van der Waals surface area contributed by atoms with E-state index in [1.165, 1.54) is 9.80 Å². The lowest BCUT2D eigenvalue weighted by atomic mass is 10.1. The number of nitrogens with zero attached hydrogens (tertiary/aromatic N) is 3. The zero-order valence-electron chi connectivity index (χ0n) is 16.9. The van der Waals surface area contributed by atoms with Crippen molar-refractivity contribution in [3.63, 3.8) is 0 Å². The van der Waals surface area contributed by atoms with Crippen LogP contribution in [0.25, 0.3) is 11.8 Å². The predicted octanol–water partition coefficient (Wildman–Crippen LogP) is 5.19. The van der Waals surface area contributed by atoms with Gasteiger partial charge in [-0.2, -0.15) is 0 Å². The molecule has 1 aliphatic heterocycles. The molecular weight excluding hydrogens is 474 g/mol. The highest BCUT2D eigenvalue weighted by molar-refractivity contribution is 9.10. The fourth-order valence-corrected chi connectivity index (χ4v) is 4.12. The second-order valence-corrected chi connectivity index (χ2v) is 8.33. The number of para-hydroxylation sites is 1. The molecule has 156 valence electrons. The van der Waals surface area contributed by atoms with Crippen molar-refractivity contribution in [1.82, 2.24) is 9.47 Å². The molecule has 5 nitrogen and oxygen atoms in total. The first-order valence-corrected chi connectivity index (χ1v) is 11.1. The fraction of sp³-hybridized carbons (Fsp3) is 0.125. The zero-order valence-corrected chi connectivity index (χ0v) is 19.3. The summed E-state index contributed by atoms with van der Waals surface area (Å²) in [5.41, 5.74) is 2.39. The summed E-state index contributed by atoms with van der Waals surface area (Å²) in [5, 5.41) is 0.212. The van der Waals surface area contributed by atoms with Gasteiger partial charge in [0.05, 0.1) is 5.69 Å². The SMILES string of the molecule is CCCN1C(=O)/C(=C/c2cccn2-c2ccc(Br)cc2)C(=O)N(c2ccccc2)C1=S. The van der Waals surface area contributed by atoms with Crippen molar-refractivity contribution in [3.05, 3.63) is 88.7 Å². The van der Waals surface area contributed by atoms with Crippen LogP contribution in [0, 0.1) is 0 Å². The number of carbonyl (C=O) groups is 2. The lowest BCUT2D eigenvalue weighted by Gasteiger charge is -2.36. The summed E-state index contributed by atoms with van der Waals surface area (Å²) >= 11 is 8.98. The second-order valence-electron chi connectivity index (χ2n) is 7.05. The van der Waals surface area contributed by atoms with Gasteiger partial charge in [0.25, 0.3) is 11.8 Å². The number of thiocarbonyl (C=S) groups is 1. The standard InChI is InChI=1S/C24H20BrN3O2S/c1-2-14-27-22(29)21(23(30)28(24(27)31)19-7-4-3-5-8-19)16-20-9-6-15-26(20)18-12-10-17(25)11-13-18/h3-13,15-16H,2,14H2,1H3/b21-16-. The Morgan fingerprint density at radius 2 is 1.61 bits per heavy atom. The van der Waals surface area contributed by atoms with Crippen molar-refractivity contribution < 1.29 is 9.59 Å². The third kappa shape index (κ3) is 4.11. The van der Waals surface area contributed by atoms with Crippen molar-refractivity contribution in [2.45, 2.75) is 13.3 Å². The first kappa shape index (κ1) is 21.2. The normalized spacial score (nSPS) is 15.8. The molecule has 0 unspecified atom stereocenters. The van der Waals surface area contributed by atoms with Gasteiger partial charge >= 0.3 is 0 Å². The van der Waals surface area contributed by atoms with Gasteiger partial charge in [0.15, 0.2) is 5.11 Å². The van der Waals surface area contributed by atoms with Gasteiger partial charge in [-0.3, -0.25) is 19.4 Å². The number of aromatic nitrogens is 1. The lowest BCUT2D eigenvalue weighted by molar-refractivity contribution is -0.127. The highest BCUT2D eigenvalue weighted by atomic mass is 79.9. The van der Waals surface area contributed by atoms with E-state index in [4.69, 9.17) is 12.2 Å². The summed E-state index contributed by atoms with van der Waals surface area (Å²) in [6, 6.07) is 20.8. The van der Waals surface area contributed by atoms with E-state index in [0.29, 0.717) is 12.2 Å². The minimum absolute atomic E-state index is 0.0861. The van der Waals surface area contributed by atoms with Crippen molar-refractivity contribution in [2.24, 2.45) is 0 Å². The first-order chi connectivity index (χ1) is 15.0. The van der Waals surface area contributed by atoms with Crippen LogP contribution in [0.4, 0.5) is 5.69 Å². The maximum atomic E-state index is 13.4. The Kier molecular flexibility index (Phi) is 6.15. The van der Waals surface area contributed by atoms with E-state index in [-0.39, 0.29) is 16.6 Å². The number of rotatable bonds is 5. The molecule has 1 aromatic heterocycles. The van der Waals surface area contributed by atoms with Crippen LogP contribution in [0.15, 0.2) is 83.0 Å². The molecule has 4 rings (SSSR count). The van der Waals surface area contributed by atoms with E-state index < -0.39 is 5.91 Å². The Hall–Kier alpha value is -3.03. The molecule has 3 aromatic rings. The van der Waals surface area contributed by atoms with Gasteiger partial charge in [-0.15, -0.1) is 0 Å². The van der Waals surface area contributed by atoms with Gasteiger partial charge in [-0.05, 0) is 73.2 Å². The van der Waals surface area contributed by atoms with E-state index >= 15 is 0 Å². The largest absolute Gasteiger partial charge is 0.317 e. The Balaban J connectivity index is 1.80. The van der Waals surface area contributed by atoms with Crippen molar-refractivity contribution in [2.75, 3.05) is 11.4 Å². The molecule has 31 heavy (non-hydrogen) atoms. The Bertz CT molecular complexity index is 1170. The number of anilines is 1. The molecule has 1 aliphatic rings. The lowest BCUT2D eigenvalue weighted by Crippen LogP contribution is -2.56. The number of halogens is 1. The summed E-state index contributed by atoms with van der Waals surface area (Å²) in [6.45, 7) is 2.42. The van der Waals surface area contributed by atoms with E-state index in [1.807, 2.05) is 84.4 Å². The summed E-state index contributed by atoms with van der Waals surface area (Å²) in [4.78, 5) is 29.6. The Morgan fingerprint density at radius 1 is 0.903 bits per heavy atom. The van der Waals surface area contributed by atoms with Gasteiger partial charge in [0.1, 0.15) is 5.57 Å². The smallest absolute Gasteiger partial charge is 0.270 e. The van der Waals surface area contributed by atoms with Gasteiger partial charge in [0.2, 0.25) is 0 Å². The molecule has 0 N–H and O–H groups in total. The molecule has 2 aromatic carbocycles. The van der Waals surface area contributed by atoms with Crippen molar-refractivity contribution in [3.8, 4) is 5.69 Å². The molecule has 1 saturated heterocycles. The van der Waals surface area contributed by atoms with Crippen LogP contribution < -0.4 is 4.90 Å². The molecule has 0 atom stereocenters. The number of hydrogen-bond acceptors (Lipinski definition) is 3. The minimum atomic E-state index is -0.419. The second kappa shape index (κ2) is 8.99. The minimum Gasteiger partial charge on any atom is -0.317 e. The summed E-state index contributed by atoms with van der Waals surface area (Å²) in [5.74, 6) is -0.787. The third-order valence-electron chi connectivity index (χ3n) is 4.97. The van der Waals surface area contributed by atoms with E-state index in [0.717, 1.165) is 22.3 Å². The van der Waals surface area contributed by atoms with Gasteiger partial charge < -0.3 is 4.57 Å². The van der Waals surface area contributed by atoms with Crippen LogP contribution in [0.1, 0.15) is 19.0 Å². The summed E-state index contributed by atoms with van der Waals surface area (Å²) < 4.78 is 2.91. The molecule has 1 fully saturated rings. The van der Waals surface area contributed by atoms with Crippen LogP contribution in [0.3, 0.4) is 0 Å². The average molecular weight is 494 g/mol. The zero-order chi connectivity index (χ0) is 22.0. The highest BCUT2D eigenvalue weighted by Crippen LogP contribution is 2.27. The molecule has 0 aliphatic carbocycles. The van der Waals surface area contributed by atoms with E-state index in [9.17, 15) is 9.59 Å². The van der Waals surface area contributed by atoms with Gasteiger partial charge in [0, 0.05) is 28.6 Å². The first-order valence-electron chi connectivity index (χ1n) is 9.91. The molecule has 0 spiro atoms. The molecule has 7 heteroatoms. The molecule has 0 bridgehead atoms. The monoisotopic (exact) mass is 493 g/mol. The fourth-order valence-electron chi connectivity index (χ4n) is 3.50. The summed E-state index contributed by atoms with van der Waals surface area (Å²) in [7, 11) is 0. The van der Waals surface area contributed by atoms with Crippen LogP contribution in [0.2, 0.25) is 0 Å². The Morgan fingerprint density at radius 3 is 2.29 bits per heavy atom. The highest BCUT2D eigenvalue weighted by Gasteiger charge is 2.40. The van der Waals surface area contributed by atoms with Gasteiger partial charge in [-0.25, -0.2) is 0 Å². The quantitative estimate of drug-likeness (QED) is 0.279. The molecule has 0 radical (unpaired) electrons. The summed E-state index contributed by atoms with van der Waals surface area (Å²) in [6.07, 6.45) is 4.27. The van der Waals surface area contributed by atoms with Crippen LogP contribution >= 0.6 is 28.1 Å². The number of carbonyl (C=O) groups excluding carboxylic acids is 2. The number of amides is 2. The third-order valence-corrected chi connectivity index (χ3v) is 5.90. The predicted molar refractivity (Wildman–Crippen MR) is 130 cm³/mol. The van der Waals surface area contributed by atoms with Crippen LogP contribution in [-0.4, -0.2) is 32.9 Å². The van der Waals surface area contributed by atoms with Crippen molar-refractivity contribution in [1.29, 1.82) is 0 Å². The molecule has 2 amide bonds. The topological polar surface area (TPSA) is 45.6 Å². The van der Waals surface area contributed by atoms with Crippen molar-refractivity contribution >= 4 is 56.8 Å². The number of benzene rings is 2. The molecule has 0 saturated carbocycles. The maximum absolute atomic E-state index is 13.4. The van der Waals surface area contributed by atoms with Crippen LogP contribution in [-0.2, 0) is 9.59 Å². The Labute approximate surface area is 194 Å². The maximum Gasteiger partial charge on any atom is 0.270 e. The van der Waals surface area contributed by atoms with E-state index in [1.54, 1.807) is 6.08 Å². The number of hydrogen-bond donors (Lipinski definition) is 0. The van der Waals surface area contributed by atoms with E-state index in [2.05, 4.69) is 15.9 Å². The van der Waals surface area contributed by atoms with Crippen LogP contribution in [0.5, 0.6) is 0 Å². The molecular formula is C24H20BrN3O2S. The average Bonchev–Trinajstić information content (AvgIpc) is 3.24. The van der Waals surface area contributed by atoms with Gasteiger partial charge in [-0.1, -0.05) is 41.1 Å². The molecule has 2 heterocycles.